The molecule has 24 nitrogen and oxygen atoms in total. The highest BCUT2D eigenvalue weighted by atomic mass is 127. The standard InChI is InChI=1S/C33H40IN9O15P2/c1-2-3-7-24(44)40-19(11-17-5-4-6-18(34)10-17)32(46)57-28-22(56-31(27(28)45)43-16-39-26-29(36)37-15-38-30(26)43)14-54-60(51,52)58-20-12-25(42-9-8-23(35)41-33(42)47)55-21(20)13-53-59(48,49)50/h2,4-6,8-10,15-16,19-22,25,27-28,31,45H,1,3,7,11-14H2,(H,40,44)(H,51,52)(H2,35,41,47)(H2,36,37,38)(H2,48,49,50)/t19?,20-,21+,22+,25+,27+,28+,31+/m0/s1. The number of fused-ring (bicyclic) bond motifs is 1. The third-order valence-corrected chi connectivity index (χ3v) is 11.3. The Hall–Kier alpha value is -4.24. The van der Waals surface area contributed by atoms with Crippen LogP contribution in [-0.4, -0.2) is 111 Å². The molecule has 60 heavy (non-hydrogen) atoms. The largest absolute Gasteiger partial charge is 0.472 e. The zero-order chi connectivity index (χ0) is 43.4. The smallest absolute Gasteiger partial charge is 0.455 e. The lowest BCUT2D eigenvalue weighted by Gasteiger charge is -2.25. The molecule has 0 aliphatic carbocycles. The highest BCUT2D eigenvalue weighted by molar-refractivity contribution is 14.1. The van der Waals surface area contributed by atoms with Gasteiger partial charge in [0.05, 0.1) is 19.5 Å². The number of aliphatic hydroxyl groups is 1. The first-order valence-electron chi connectivity index (χ1n) is 17.9. The molecule has 9 atom stereocenters. The van der Waals surface area contributed by atoms with Crippen LogP contribution in [0.2, 0.25) is 0 Å². The third-order valence-electron chi connectivity index (χ3n) is 9.17. The second-order valence-electron chi connectivity index (χ2n) is 13.4. The van der Waals surface area contributed by atoms with Crippen LogP contribution in [0.5, 0.6) is 0 Å². The first-order valence-corrected chi connectivity index (χ1v) is 22.0. The Bertz CT molecular complexity index is 2370. The number of esters is 1. The Morgan fingerprint density at radius 1 is 1.08 bits per heavy atom. The summed E-state index contributed by atoms with van der Waals surface area (Å²) in [7, 11) is -10.3. The van der Waals surface area contributed by atoms with E-state index in [9.17, 15) is 43.3 Å². The molecule has 6 rings (SSSR count). The number of carbonyl (C=O) groups is 2. The van der Waals surface area contributed by atoms with Gasteiger partial charge in [-0.3, -0.25) is 27.5 Å². The second-order valence-corrected chi connectivity index (χ2v) is 17.3. The summed E-state index contributed by atoms with van der Waals surface area (Å²) in [4.78, 5) is 84.8. The molecule has 2 aliphatic rings. The number of rotatable bonds is 18. The van der Waals surface area contributed by atoms with Gasteiger partial charge in [0, 0.05) is 29.0 Å². The molecule has 27 heteroatoms. The molecule has 0 spiro atoms. The number of aromatic nitrogens is 6. The minimum absolute atomic E-state index is 0.0122. The van der Waals surface area contributed by atoms with Crippen molar-refractivity contribution < 1.29 is 66.3 Å². The summed E-state index contributed by atoms with van der Waals surface area (Å²) < 4.78 is 61.1. The number of aliphatic hydroxyl groups excluding tert-OH is 1. The summed E-state index contributed by atoms with van der Waals surface area (Å²) in [6.45, 7) is 1.89. The first-order chi connectivity index (χ1) is 28.4. The van der Waals surface area contributed by atoms with Gasteiger partial charge in [-0.2, -0.15) is 4.98 Å². The van der Waals surface area contributed by atoms with Crippen LogP contribution in [0.1, 0.15) is 37.3 Å². The zero-order valence-corrected chi connectivity index (χ0v) is 35.1. The van der Waals surface area contributed by atoms with E-state index in [0.717, 1.165) is 14.5 Å². The molecule has 2 fully saturated rings. The van der Waals surface area contributed by atoms with Crippen molar-refractivity contribution in [3.8, 4) is 0 Å². The molecule has 324 valence electrons. The number of hydrogen-bond donors (Lipinski definition) is 7. The fourth-order valence-electron chi connectivity index (χ4n) is 6.41. The number of anilines is 2. The average molecular weight is 992 g/mol. The molecule has 0 radical (unpaired) electrons. The van der Waals surface area contributed by atoms with Crippen molar-refractivity contribution in [3.05, 3.63) is 81.5 Å². The Morgan fingerprint density at radius 3 is 2.57 bits per heavy atom. The number of hydrogen-bond acceptors (Lipinski definition) is 18. The number of nitrogen functional groups attached to an aromatic ring is 2. The number of phosphoric acid groups is 2. The molecular weight excluding hydrogens is 951 g/mol. The number of phosphoric ester groups is 2. The summed E-state index contributed by atoms with van der Waals surface area (Å²) >= 11 is 2.10. The maximum absolute atomic E-state index is 14.0. The quantitative estimate of drug-likeness (QED) is 0.0311. The van der Waals surface area contributed by atoms with Gasteiger partial charge in [0.2, 0.25) is 5.91 Å². The van der Waals surface area contributed by atoms with Crippen molar-refractivity contribution in [3.63, 3.8) is 0 Å². The number of imidazole rings is 1. The average Bonchev–Trinajstić information content (AvgIpc) is 3.87. The Balaban J connectivity index is 1.24. The van der Waals surface area contributed by atoms with Crippen molar-refractivity contribution in [1.29, 1.82) is 0 Å². The van der Waals surface area contributed by atoms with Gasteiger partial charge in [-0.1, -0.05) is 18.2 Å². The molecule has 2 aliphatic heterocycles. The third kappa shape index (κ3) is 11.4. The topological polar surface area (TPSA) is 347 Å². The molecule has 4 aromatic rings. The highest BCUT2D eigenvalue weighted by Crippen LogP contribution is 2.50. The van der Waals surface area contributed by atoms with E-state index in [1.54, 1.807) is 24.3 Å². The van der Waals surface area contributed by atoms with Crippen LogP contribution < -0.4 is 22.5 Å². The van der Waals surface area contributed by atoms with E-state index in [1.807, 2.05) is 6.07 Å². The lowest BCUT2D eigenvalue weighted by molar-refractivity contribution is -0.160. The van der Waals surface area contributed by atoms with Crippen LogP contribution in [0.25, 0.3) is 11.2 Å². The summed E-state index contributed by atoms with van der Waals surface area (Å²) in [5, 5.41) is 14.4. The Labute approximate surface area is 353 Å². The van der Waals surface area contributed by atoms with E-state index < -0.39 is 95.4 Å². The van der Waals surface area contributed by atoms with Crippen LogP contribution in [-0.2, 0) is 52.9 Å². The Kier molecular flexibility index (Phi) is 14.5. The molecule has 3 aromatic heterocycles. The number of benzene rings is 1. The molecule has 2 unspecified atom stereocenters. The number of nitrogens with one attached hydrogen (secondary N) is 1. The molecule has 5 heterocycles. The summed E-state index contributed by atoms with van der Waals surface area (Å²) in [6, 6.07) is 7.17. The predicted molar refractivity (Wildman–Crippen MR) is 214 cm³/mol. The normalized spacial score (nSPS) is 24.5. The fraction of sp³-hybridized carbons (Fsp3) is 0.424. The first kappa shape index (κ1) is 45.3. The number of halogens is 1. The molecule has 9 N–H and O–H groups in total. The van der Waals surface area contributed by atoms with Crippen molar-refractivity contribution in [2.45, 2.75) is 74.7 Å². The number of amides is 1. The van der Waals surface area contributed by atoms with Crippen molar-refractivity contribution >= 4 is 72.9 Å². The number of ether oxygens (including phenoxy) is 3. The van der Waals surface area contributed by atoms with Crippen molar-refractivity contribution in [1.82, 2.24) is 34.4 Å². The molecule has 1 amide bonds. The van der Waals surface area contributed by atoms with Gasteiger partial charge in [-0.05, 0) is 52.8 Å². The number of allylic oxidation sites excluding steroid dienone is 1. The second kappa shape index (κ2) is 19.2. The van der Waals surface area contributed by atoms with Gasteiger partial charge in [0.15, 0.2) is 23.8 Å². The minimum atomic E-state index is -5.22. The lowest BCUT2D eigenvalue weighted by Crippen LogP contribution is -2.47. The van der Waals surface area contributed by atoms with Crippen LogP contribution in [0.4, 0.5) is 11.6 Å². The molecule has 2 saturated heterocycles. The van der Waals surface area contributed by atoms with E-state index >= 15 is 0 Å². The van der Waals surface area contributed by atoms with Crippen molar-refractivity contribution in [2.75, 3.05) is 24.7 Å². The van der Waals surface area contributed by atoms with Gasteiger partial charge < -0.3 is 50.8 Å². The van der Waals surface area contributed by atoms with E-state index in [0.29, 0.717) is 12.0 Å². The number of nitrogens with zero attached hydrogens (tertiary/aromatic N) is 6. The number of nitrogens with two attached hydrogens (primary N) is 2. The van der Waals surface area contributed by atoms with Gasteiger partial charge in [-0.15, -0.1) is 6.58 Å². The van der Waals surface area contributed by atoms with Crippen LogP contribution >= 0.6 is 38.2 Å². The van der Waals surface area contributed by atoms with Gasteiger partial charge in [0.25, 0.3) is 0 Å². The van der Waals surface area contributed by atoms with Gasteiger partial charge in [0.1, 0.15) is 54.3 Å². The van der Waals surface area contributed by atoms with E-state index in [2.05, 4.69) is 58.9 Å². The summed E-state index contributed by atoms with van der Waals surface area (Å²) in [6.07, 6.45) is -5.24. The zero-order valence-electron chi connectivity index (χ0n) is 31.2. The molecular formula is C33H40IN9O15P2. The van der Waals surface area contributed by atoms with Gasteiger partial charge >= 0.3 is 27.3 Å². The molecule has 0 saturated carbocycles. The monoisotopic (exact) mass is 991 g/mol. The number of carbonyl (C=O) groups excluding carboxylic acids is 2. The predicted octanol–water partition coefficient (Wildman–Crippen LogP) is 0.615. The SMILES string of the molecule is C=CCCC(=O)NC(Cc1cccc(I)c1)C(=O)O[C@H]1[C@@H](O)[C@H](n2cnc3c(N)ncnc32)O[C@@H]1COP(=O)(O)O[C@H]1C[C@H](n2ccc(N)nc2=O)O[C@@H]1COP(=O)(O)O. The Morgan fingerprint density at radius 2 is 1.85 bits per heavy atom. The summed E-state index contributed by atoms with van der Waals surface area (Å²) in [5.74, 6) is -1.56. The van der Waals surface area contributed by atoms with E-state index in [1.165, 1.54) is 23.2 Å². The minimum Gasteiger partial charge on any atom is -0.455 e. The highest BCUT2D eigenvalue weighted by Gasteiger charge is 2.50. The van der Waals surface area contributed by atoms with E-state index in [4.69, 9.17) is 34.7 Å². The van der Waals surface area contributed by atoms with Crippen molar-refractivity contribution in [2.24, 2.45) is 0 Å². The maximum atomic E-state index is 14.0. The van der Waals surface area contributed by atoms with Crippen LogP contribution in [0, 0.1) is 3.57 Å². The fourth-order valence-corrected chi connectivity index (χ4v) is 8.32. The van der Waals surface area contributed by atoms with Crippen LogP contribution in [0.3, 0.4) is 0 Å². The van der Waals surface area contributed by atoms with Crippen LogP contribution in [0.15, 0.2) is 66.6 Å². The summed E-state index contributed by atoms with van der Waals surface area (Å²) in [5.41, 5.74) is 11.6. The molecule has 0 bridgehead atoms. The lowest BCUT2D eigenvalue weighted by atomic mass is 10.0. The molecule has 1 aromatic carbocycles. The maximum Gasteiger partial charge on any atom is 0.472 e. The van der Waals surface area contributed by atoms with E-state index in [-0.39, 0.29) is 42.1 Å². The van der Waals surface area contributed by atoms with Gasteiger partial charge in [-0.25, -0.2) is 33.7 Å².